The van der Waals surface area contributed by atoms with Crippen molar-refractivity contribution in [1.82, 2.24) is 24.6 Å². The van der Waals surface area contributed by atoms with E-state index in [1.54, 1.807) is 77.1 Å². The second kappa shape index (κ2) is 16.3. The summed E-state index contributed by atoms with van der Waals surface area (Å²) in [6, 6.07) is 10.6. The van der Waals surface area contributed by atoms with E-state index in [9.17, 15) is 18.9 Å². The first-order valence-electron chi connectivity index (χ1n) is 17.4. The standard InChI is InChI=1S/C35H49N6O10P/c1-21(2)32(42)48-29-28(26-13-14-27-31(36)37-20-38-41(26)27)50-35(6,30(29)49-33(43)22(3)4)19-46-52(45,51-25-11-9-8-10-12-25)39-23(5)34(44)47-24-15-17-40(7)18-16-24/h8-14,20-24,28-30H,15-19H2,1-7H3,(H,39,45)(H2,36,37,38)/t23-,28-,29-,30-,35+,52+/m0/s1. The maximum Gasteiger partial charge on any atom is 0.459 e. The zero-order chi connectivity index (χ0) is 37.8. The van der Waals surface area contributed by atoms with Gasteiger partial charge in [0.25, 0.3) is 0 Å². The van der Waals surface area contributed by atoms with Crippen LogP contribution in [-0.2, 0) is 42.4 Å². The molecule has 0 unspecified atom stereocenters. The number of esters is 3. The van der Waals surface area contributed by atoms with Crippen LogP contribution >= 0.6 is 7.75 Å². The normalized spacial score (nSPS) is 24.4. The molecule has 0 saturated carbocycles. The number of nitrogens with zero attached hydrogens (tertiary/aromatic N) is 4. The number of nitrogens with one attached hydrogen (secondary N) is 1. The van der Waals surface area contributed by atoms with Gasteiger partial charge >= 0.3 is 25.7 Å². The minimum atomic E-state index is -4.41. The topological polar surface area (TPSA) is 195 Å². The molecule has 2 fully saturated rings. The molecule has 6 atom stereocenters. The number of benzene rings is 1. The van der Waals surface area contributed by atoms with Crippen molar-refractivity contribution in [1.29, 1.82) is 0 Å². The summed E-state index contributed by atoms with van der Waals surface area (Å²) in [4.78, 5) is 45.8. The molecule has 3 aromatic rings. The second-order valence-corrected chi connectivity index (χ2v) is 15.8. The van der Waals surface area contributed by atoms with Crippen LogP contribution in [0, 0.1) is 11.8 Å². The van der Waals surface area contributed by atoms with Crippen LogP contribution in [0.25, 0.3) is 5.52 Å². The molecule has 0 radical (unpaired) electrons. The molecule has 4 heterocycles. The molecule has 1 aromatic carbocycles. The van der Waals surface area contributed by atoms with Crippen LogP contribution < -0.4 is 15.3 Å². The minimum Gasteiger partial charge on any atom is -0.461 e. The van der Waals surface area contributed by atoms with E-state index in [2.05, 4.69) is 20.1 Å². The van der Waals surface area contributed by atoms with Crippen LogP contribution in [0.4, 0.5) is 5.82 Å². The number of piperidine rings is 1. The van der Waals surface area contributed by atoms with Gasteiger partial charge in [0.15, 0.2) is 18.0 Å². The molecule has 0 bridgehead atoms. The SMILES string of the molecule is CC(C)C(=O)O[C@H]1[C@H](c2ccc3c(N)ncnn23)O[C@](C)(CO[P@](=O)(N[C@@H](C)C(=O)OC2CCN(C)CC2)Oc2ccccc2)[C@H]1OC(=O)C(C)C. The number of ether oxygens (including phenoxy) is 4. The molecule has 2 saturated heterocycles. The Morgan fingerprint density at radius 2 is 1.63 bits per heavy atom. The molecule has 2 aliphatic heterocycles. The van der Waals surface area contributed by atoms with Crippen molar-refractivity contribution in [2.75, 3.05) is 32.5 Å². The molecule has 52 heavy (non-hydrogen) atoms. The monoisotopic (exact) mass is 744 g/mol. The summed E-state index contributed by atoms with van der Waals surface area (Å²) in [7, 11) is -2.40. The van der Waals surface area contributed by atoms with Gasteiger partial charge in [-0.2, -0.15) is 10.2 Å². The highest BCUT2D eigenvalue weighted by Crippen LogP contribution is 2.50. The first-order chi connectivity index (χ1) is 24.6. The van der Waals surface area contributed by atoms with Gasteiger partial charge in [-0.1, -0.05) is 45.9 Å². The molecule has 284 valence electrons. The number of hydrogen-bond donors (Lipinski definition) is 2. The number of fused-ring (bicyclic) bond motifs is 1. The number of para-hydroxylation sites is 1. The first-order valence-corrected chi connectivity index (χ1v) is 19.0. The molecule has 2 aliphatic rings. The van der Waals surface area contributed by atoms with Crippen molar-refractivity contribution in [2.45, 2.75) is 90.4 Å². The van der Waals surface area contributed by atoms with E-state index in [1.165, 1.54) is 17.8 Å². The molecular formula is C35H49N6O10P. The van der Waals surface area contributed by atoms with E-state index in [0.717, 1.165) is 13.1 Å². The Balaban J connectivity index is 1.47. The summed E-state index contributed by atoms with van der Waals surface area (Å²) in [5.41, 5.74) is 5.40. The molecule has 17 heteroatoms. The Bertz CT molecular complexity index is 1760. The number of carbonyl (C=O) groups is 3. The van der Waals surface area contributed by atoms with Crippen LogP contribution in [0.2, 0.25) is 0 Å². The minimum absolute atomic E-state index is 0.202. The number of nitrogen functional groups attached to an aromatic ring is 1. The molecule has 3 N–H and O–H groups in total. The van der Waals surface area contributed by atoms with Crippen molar-refractivity contribution < 1.29 is 46.9 Å². The van der Waals surface area contributed by atoms with Crippen LogP contribution in [0.1, 0.15) is 66.2 Å². The predicted molar refractivity (Wildman–Crippen MR) is 189 cm³/mol. The molecule has 0 spiro atoms. The smallest absolute Gasteiger partial charge is 0.459 e. The Labute approximate surface area is 303 Å². The lowest BCUT2D eigenvalue weighted by atomic mass is 9.95. The highest BCUT2D eigenvalue weighted by atomic mass is 31.2. The highest BCUT2D eigenvalue weighted by molar-refractivity contribution is 7.52. The quantitative estimate of drug-likeness (QED) is 0.136. The summed E-state index contributed by atoms with van der Waals surface area (Å²) in [5, 5.41) is 7.05. The summed E-state index contributed by atoms with van der Waals surface area (Å²) in [5.74, 6) is -2.47. The Morgan fingerprint density at radius 3 is 2.29 bits per heavy atom. The fourth-order valence-corrected chi connectivity index (χ4v) is 7.48. The van der Waals surface area contributed by atoms with Gasteiger partial charge in [0.2, 0.25) is 0 Å². The maximum absolute atomic E-state index is 14.6. The zero-order valence-electron chi connectivity index (χ0n) is 30.6. The number of aromatic nitrogens is 3. The molecule has 5 rings (SSSR count). The van der Waals surface area contributed by atoms with Crippen molar-refractivity contribution in [2.24, 2.45) is 11.8 Å². The molecular weight excluding hydrogens is 695 g/mol. The Hall–Kier alpha value is -4.08. The van der Waals surface area contributed by atoms with E-state index >= 15 is 0 Å². The van der Waals surface area contributed by atoms with Gasteiger partial charge in [-0.25, -0.2) is 14.1 Å². The molecule has 2 aromatic heterocycles. The Kier molecular flexibility index (Phi) is 12.3. The number of rotatable bonds is 14. The third-order valence-corrected chi connectivity index (χ3v) is 10.6. The van der Waals surface area contributed by atoms with E-state index in [0.29, 0.717) is 24.1 Å². The van der Waals surface area contributed by atoms with Crippen molar-refractivity contribution in [3.05, 3.63) is 54.5 Å². The van der Waals surface area contributed by atoms with Gasteiger partial charge in [-0.05, 0) is 58.0 Å². The average Bonchev–Trinajstić information content (AvgIpc) is 3.65. The number of anilines is 1. The lowest BCUT2D eigenvalue weighted by Crippen LogP contribution is -2.49. The number of nitrogens with two attached hydrogens (primary N) is 1. The lowest BCUT2D eigenvalue weighted by molar-refractivity contribution is -0.175. The van der Waals surface area contributed by atoms with Gasteiger partial charge in [0, 0.05) is 13.1 Å². The summed E-state index contributed by atoms with van der Waals surface area (Å²) in [6.07, 6.45) is -1.19. The lowest BCUT2D eigenvalue weighted by Gasteiger charge is -2.33. The summed E-state index contributed by atoms with van der Waals surface area (Å²) >= 11 is 0. The third kappa shape index (κ3) is 9.10. The van der Waals surface area contributed by atoms with Crippen molar-refractivity contribution in [3.8, 4) is 5.75 Å². The van der Waals surface area contributed by atoms with Gasteiger partial charge in [0.05, 0.1) is 24.1 Å². The summed E-state index contributed by atoms with van der Waals surface area (Å²) < 4.78 is 52.5. The van der Waals surface area contributed by atoms with E-state index < -0.39 is 74.1 Å². The highest BCUT2D eigenvalue weighted by Gasteiger charge is 2.59. The molecule has 0 aliphatic carbocycles. The van der Waals surface area contributed by atoms with E-state index in [1.807, 2.05) is 7.05 Å². The van der Waals surface area contributed by atoms with Crippen LogP contribution in [0.15, 0.2) is 48.8 Å². The van der Waals surface area contributed by atoms with Gasteiger partial charge in [-0.3, -0.25) is 18.9 Å². The van der Waals surface area contributed by atoms with Gasteiger partial charge in [0.1, 0.15) is 41.4 Å². The van der Waals surface area contributed by atoms with Crippen molar-refractivity contribution in [3.63, 3.8) is 0 Å². The number of likely N-dealkylation sites (tertiary alicyclic amines) is 1. The predicted octanol–water partition coefficient (Wildman–Crippen LogP) is 4.10. The fraction of sp³-hybridized carbons (Fsp3) is 0.571. The largest absolute Gasteiger partial charge is 0.461 e. The second-order valence-electron chi connectivity index (χ2n) is 14.1. The van der Waals surface area contributed by atoms with Crippen molar-refractivity contribution >= 4 is 37.0 Å². The van der Waals surface area contributed by atoms with Crippen LogP contribution in [-0.4, -0.2) is 94.1 Å². The van der Waals surface area contributed by atoms with Crippen LogP contribution in [0.5, 0.6) is 5.75 Å². The van der Waals surface area contributed by atoms with Gasteiger partial charge < -0.3 is 34.1 Å². The van der Waals surface area contributed by atoms with Crippen LogP contribution in [0.3, 0.4) is 0 Å². The first kappa shape index (κ1) is 39.1. The fourth-order valence-electron chi connectivity index (χ4n) is 5.89. The molecule has 0 amide bonds. The number of hydrogen-bond acceptors (Lipinski definition) is 14. The van der Waals surface area contributed by atoms with E-state index in [4.69, 9.17) is 33.7 Å². The van der Waals surface area contributed by atoms with Gasteiger partial charge in [-0.15, -0.1) is 0 Å². The molecule has 16 nitrogen and oxygen atoms in total. The Morgan fingerprint density at radius 1 is 0.981 bits per heavy atom. The zero-order valence-corrected chi connectivity index (χ0v) is 31.5. The maximum atomic E-state index is 14.6. The summed E-state index contributed by atoms with van der Waals surface area (Å²) in [6.45, 7) is 10.8. The number of carbonyl (C=O) groups excluding carboxylic acids is 3. The van der Waals surface area contributed by atoms with E-state index in [-0.39, 0.29) is 17.7 Å². The average molecular weight is 745 g/mol. The third-order valence-electron chi connectivity index (χ3n) is 8.98.